The van der Waals surface area contributed by atoms with Crippen LogP contribution in [0.15, 0.2) is 6.07 Å². The maximum atomic E-state index is 5.60. The summed E-state index contributed by atoms with van der Waals surface area (Å²) in [6.07, 6.45) is 4.81. The lowest BCUT2D eigenvalue weighted by molar-refractivity contribution is 0.392. The Hall–Kier alpha value is -1.22. The molecule has 1 aliphatic rings. The van der Waals surface area contributed by atoms with Crippen molar-refractivity contribution >= 4 is 0 Å². The van der Waals surface area contributed by atoms with E-state index in [1.54, 1.807) is 14.2 Å². The summed E-state index contributed by atoms with van der Waals surface area (Å²) in [6, 6.07) is 2.80. The monoisotopic (exact) mass is 263 g/mol. The van der Waals surface area contributed by atoms with Crippen LogP contribution in [0.25, 0.3) is 0 Å². The highest BCUT2D eigenvalue weighted by Crippen LogP contribution is 2.34. The number of ether oxygens (including phenoxy) is 2. The molecular weight excluding hydrogens is 238 g/mol. The molecule has 2 rings (SSSR count). The van der Waals surface area contributed by atoms with Gasteiger partial charge in [-0.25, -0.2) is 0 Å². The molecule has 0 saturated carbocycles. The third kappa shape index (κ3) is 3.03. The highest BCUT2D eigenvalue weighted by Gasteiger charge is 2.17. The molecule has 1 N–H and O–H groups in total. The molecule has 1 aliphatic heterocycles. The van der Waals surface area contributed by atoms with E-state index >= 15 is 0 Å². The minimum atomic E-state index is 0.664. The highest BCUT2D eigenvalue weighted by atomic mass is 16.5. The third-order valence-corrected chi connectivity index (χ3v) is 4.22. The van der Waals surface area contributed by atoms with E-state index in [1.807, 2.05) is 0 Å². The van der Waals surface area contributed by atoms with E-state index in [9.17, 15) is 0 Å². The van der Waals surface area contributed by atoms with Gasteiger partial charge in [0, 0.05) is 6.04 Å². The summed E-state index contributed by atoms with van der Waals surface area (Å²) in [7, 11) is 3.49. The summed E-state index contributed by atoms with van der Waals surface area (Å²) in [6.45, 7) is 5.35. The number of rotatable bonds is 5. The Bertz CT molecular complexity index is 437. The quantitative estimate of drug-likeness (QED) is 0.886. The molecule has 106 valence electrons. The van der Waals surface area contributed by atoms with Crippen molar-refractivity contribution in [3.05, 3.63) is 22.8 Å². The fourth-order valence-corrected chi connectivity index (χ4v) is 2.94. The second-order valence-electron chi connectivity index (χ2n) is 5.35. The van der Waals surface area contributed by atoms with E-state index in [0.29, 0.717) is 6.04 Å². The van der Waals surface area contributed by atoms with Gasteiger partial charge >= 0.3 is 0 Å². The first-order valence-electron chi connectivity index (χ1n) is 7.11. The molecule has 1 aromatic rings. The topological polar surface area (TPSA) is 30.5 Å². The maximum absolute atomic E-state index is 5.60. The van der Waals surface area contributed by atoms with Gasteiger partial charge in [0.05, 0.1) is 14.2 Å². The average molecular weight is 263 g/mol. The first kappa shape index (κ1) is 14.2. The van der Waals surface area contributed by atoms with Crippen LogP contribution in [0.1, 0.15) is 36.0 Å². The zero-order valence-corrected chi connectivity index (χ0v) is 12.5. The Labute approximate surface area is 116 Å². The SMILES string of the molecule is COc1cc(CCC2CCCN2)c(OC)c(C)c1C. The second kappa shape index (κ2) is 6.29. The van der Waals surface area contributed by atoms with Gasteiger partial charge in [-0.05, 0) is 68.8 Å². The highest BCUT2D eigenvalue weighted by molar-refractivity contribution is 5.52. The molecule has 1 heterocycles. The maximum Gasteiger partial charge on any atom is 0.125 e. The fourth-order valence-electron chi connectivity index (χ4n) is 2.94. The molecule has 0 bridgehead atoms. The molecule has 0 spiro atoms. The summed E-state index contributed by atoms with van der Waals surface area (Å²) in [5.74, 6) is 1.99. The van der Waals surface area contributed by atoms with E-state index in [1.165, 1.54) is 36.0 Å². The Balaban J connectivity index is 2.19. The van der Waals surface area contributed by atoms with Crippen molar-refractivity contribution in [2.45, 2.75) is 45.6 Å². The van der Waals surface area contributed by atoms with Gasteiger partial charge in [-0.2, -0.15) is 0 Å². The molecule has 0 aliphatic carbocycles. The van der Waals surface area contributed by atoms with Crippen LogP contribution in [0.4, 0.5) is 0 Å². The molecule has 3 heteroatoms. The molecule has 19 heavy (non-hydrogen) atoms. The molecule has 1 atom stereocenters. The number of hydrogen-bond donors (Lipinski definition) is 1. The Morgan fingerprint density at radius 1 is 1.21 bits per heavy atom. The molecule has 1 fully saturated rings. The van der Waals surface area contributed by atoms with Gasteiger partial charge in [0.1, 0.15) is 11.5 Å². The summed E-state index contributed by atoms with van der Waals surface area (Å²) in [5.41, 5.74) is 3.62. The number of aryl methyl sites for hydroxylation is 1. The molecule has 1 unspecified atom stereocenters. The first-order chi connectivity index (χ1) is 9.17. The zero-order chi connectivity index (χ0) is 13.8. The lowest BCUT2D eigenvalue weighted by Crippen LogP contribution is -2.21. The molecule has 0 aromatic heterocycles. The molecular formula is C16H25NO2. The van der Waals surface area contributed by atoms with E-state index in [4.69, 9.17) is 9.47 Å². The standard InChI is InChI=1S/C16H25NO2/c1-11-12(2)16(19-4)13(10-15(11)18-3)7-8-14-6-5-9-17-14/h10,14,17H,5-9H2,1-4H3. The van der Waals surface area contributed by atoms with Crippen molar-refractivity contribution in [3.63, 3.8) is 0 Å². The Morgan fingerprint density at radius 2 is 2.00 bits per heavy atom. The van der Waals surface area contributed by atoms with Gasteiger partial charge in [-0.3, -0.25) is 0 Å². The fraction of sp³-hybridized carbons (Fsp3) is 0.625. The number of nitrogens with one attached hydrogen (secondary N) is 1. The van der Waals surface area contributed by atoms with E-state index in [0.717, 1.165) is 24.5 Å². The smallest absolute Gasteiger partial charge is 0.125 e. The summed E-state index contributed by atoms with van der Waals surface area (Å²) in [5, 5.41) is 3.55. The predicted molar refractivity (Wildman–Crippen MR) is 78.4 cm³/mol. The summed E-state index contributed by atoms with van der Waals surface area (Å²) < 4.78 is 11.1. The van der Waals surface area contributed by atoms with Crippen molar-refractivity contribution in [1.82, 2.24) is 5.32 Å². The van der Waals surface area contributed by atoms with Gasteiger partial charge in [0.2, 0.25) is 0 Å². The van der Waals surface area contributed by atoms with Crippen LogP contribution in [0, 0.1) is 13.8 Å². The van der Waals surface area contributed by atoms with Crippen LogP contribution >= 0.6 is 0 Å². The summed E-state index contributed by atoms with van der Waals surface area (Å²) in [4.78, 5) is 0. The molecule has 1 aromatic carbocycles. The third-order valence-electron chi connectivity index (χ3n) is 4.22. The first-order valence-corrected chi connectivity index (χ1v) is 7.11. The van der Waals surface area contributed by atoms with Crippen LogP contribution in [0.5, 0.6) is 11.5 Å². The lowest BCUT2D eigenvalue weighted by atomic mass is 9.97. The van der Waals surface area contributed by atoms with Crippen LogP contribution in [-0.2, 0) is 6.42 Å². The Morgan fingerprint density at radius 3 is 2.58 bits per heavy atom. The van der Waals surface area contributed by atoms with Crippen molar-refractivity contribution < 1.29 is 9.47 Å². The minimum absolute atomic E-state index is 0.664. The van der Waals surface area contributed by atoms with Crippen LogP contribution < -0.4 is 14.8 Å². The van der Waals surface area contributed by atoms with Crippen LogP contribution in [0.2, 0.25) is 0 Å². The van der Waals surface area contributed by atoms with E-state index < -0.39 is 0 Å². The largest absolute Gasteiger partial charge is 0.496 e. The zero-order valence-electron chi connectivity index (χ0n) is 12.5. The molecule has 0 amide bonds. The molecule has 3 nitrogen and oxygen atoms in total. The number of hydrogen-bond acceptors (Lipinski definition) is 3. The molecule has 1 saturated heterocycles. The van der Waals surface area contributed by atoms with Crippen molar-refractivity contribution in [2.24, 2.45) is 0 Å². The van der Waals surface area contributed by atoms with Gasteiger partial charge < -0.3 is 14.8 Å². The number of benzene rings is 1. The van der Waals surface area contributed by atoms with E-state index in [2.05, 4.69) is 25.2 Å². The van der Waals surface area contributed by atoms with Crippen LogP contribution in [0.3, 0.4) is 0 Å². The van der Waals surface area contributed by atoms with Gasteiger partial charge in [-0.1, -0.05) is 0 Å². The van der Waals surface area contributed by atoms with Gasteiger partial charge in [0.15, 0.2) is 0 Å². The Kier molecular flexibility index (Phi) is 4.70. The van der Waals surface area contributed by atoms with E-state index in [-0.39, 0.29) is 0 Å². The predicted octanol–water partition coefficient (Wildman–Crippen LogP) is 3.01. The number of methoxy groups -OCH3 is 2. The van der Waals surface area contributed by atoms with Crippen molar-refractivity contribution in [3.8, 4) is 11.5 Å². The van der Waals surface area contributed by atoms with Gasteiger partial charge in [-0.15, -0.1) is 0 Å². The molecule has 0 radical (unpaired) electrons. The van der Waals surface area contributed by atoms with Gasteiger partial charge in [0.25, 0.3) is 0 Å². The van der Waals surface area contributed by atoms with Crippen LogP contribution in [-0.4, -0.2) is 26.8 Å². The van der Waals surface area contributed by atoms with Crippen molar-refractivity contribution in [2.75, 3.05) is 20.8 Å². The summed E-state index contributed by atoms with van der Waals surface area (Å²) >= 11 is 0. The second-order valence-corrected chi connectivity index (χ2v) is 5.35. The minimum Gasteiger partial charge on any atom is -0.496 e. The van der Waals surface area contributed by atoms with Crippen molar-refractivity contribution in [1.29, 1.82) is 0 Å². The normalized spacial score (nSPS) is 18.6. The average Bonchev–Trinajstić information content (AvgIpc) is 2.93. The lowest BCUT2D eigenvalue weighted by Gasteiger charge is -2.18.